The second-order valence-corrected chi connectivity index (χ2v) is 5.44. The first kappa shape index (κ1) is 13.9. The minimum atomic E-state index is -0.486. The van der Waals surface area contributed by atoms with Crippen molar-refractivity contribution < 1.29 is 18.7 Å². The van der Waals surface area contributed by atoms with Gasteiger partial charge in [-0.25, -0.2) is 4.79 Å². The van der Waals surface area contributed by atoms with Crippen LogP contribution in [0.1, 0.15) is 6.42 Å². The molecule has 2 aromatic rings. The molecule has 1 fully saturated rings. The molecule has 1 aliphatic carbocycles. The Hall–Kier alpha value is -2.01. The van der Waals surface area contributed by atoms with Gasteiger partial charge in [0.15, 0.2) is 0 Å². The normalized spacial score (nSPS) is 20.3. The highest BCUT2D eigenvalue weighted by Crippen LogP contribution is 2.40. The monoisotopic (exact) mass is 308 g/mol. The van der Waals surface area contributed by atoms with Crippen LogP contribution in [-0.2, 0) is 9.53 Å². The lowest BCUT2D eigenvalue weighted by molar-refractivity contribution is -0.142. The van der Waals surface area contributed by atoms with Crippen LogP contribution in [0.5, 0.6) is 5.75 Å². The van der Waals surface area contributed by atoms with Crippen molar-refractivity contribution in [2.45, 2.75) is 6.42 Å². The van der Waals surface area contributed by atoms with E-state index in [4.69, 9.17) is 20.8 Å². The molecule has 0 aliphatic heterocycles. The highest BCUT2D eigenvalue weighted by Gasteiger charge is 2.44. The summed E-state index contributed by atoms with van der Waals surface area (Å²) >= 11 is 5.95. The Morgan fingerprint density at radius 2 is 2.24 bits per heavy atom. The summed E-state index contributed by atoms with van der Waals surface area (Å²) in [5, 5.41) is 1.16. The lowest BCUT2D eigenvalue weighted by atomic mass is 10.2. The van der Waals surface area contributed by atoms with Gasteiger partial charge in [0.2, 0.25) is 0 Å². The molecule has 1 heterocycles. The van der Waals surface area contributed by atoms with E-state index in [1.807, 2.05) is 0 Å². The fraction of sp³-hybridized carbons (Fsp3) is 0.333. The number of halogens is 1. The third-order valence-electron chi connectivity index (χ3n) is 3.55. The molecule has 1 aliphatic rings. The van der Waals surface area contributed by atoms with Crippen LogP contribution in [0.4, 0.5) is 0 Å². The van der Waals surface area contributed by atoms with E-state index in [1.54, 1.807) is 18.2 Å². The number of benzene rings is 1. The van der Waals surface area contributed by atoms with Crippen LogP contribution in [0.15, 0.2) is 33.5 Å². The van der Waals surface area contributed by atoms with Crippen LogP contribution in [0.3, 0.4) is 0 Å². The van der Waals surface area contributed by atoms with E-state index in [0.717, 1.165) is 6.42 Å². The van der Waals surface area contributed by atoms with Crippen molar-refractivity contribution in [3.63, 3.8) is 0 Å². The number of hydrogen-bond donors (Lipinski definition) is 0. The lowest BCUT2D eigenvalue weighted by Crippen LogP contribution is -2.09. The summed E-state index contributed by atoms with van der Waals surface area (Å²) < 4.78 is 15.5. The maximum Gasteiger partial charge on any atom is 0.339 e. The number of carbonyl (C=O) groups excluding carboxylic acids is 1. The van der Waals surface area contributed by atoms with Crippen molar-refractivity contribution in [2.24, 2.45) is 11.8 Å². The predicted octanol–water partition coefficient (Wildman–Crippen LogP) is 2.63. The number of carbonyl (C=O) groups is 1. The van der Waals surface area contributed by atoms with Crippen molar-refractivity contribution in [3.05, 3.63) is 39.7 Å². The number of ether oxygens (including phenoxy) is 2. The van der Waals surface area contributed by atoms with Crippen LogP contribution < -0.4 is 10.4 Å². The summed E-state index contributed by atoms with van der Waals surface area (Å²) in [4.78, 5) is 22.9. The fourth-order valence-electron chi connectivity index (χ4n) is 2.29. The van der Waals surface area contributed by atoms with E-state index >= 15 is 0 Å². The Bertz CT molecular complexity index is 751. The molecule has 2 atom stereocenters. The predicted molar refractivity (Wildman–Crippen MR) is 76.6 cm³/mol. The van der Waals surface area contributed by atoms with Crippen molar-refractivity contribution in [3.8, 4) is 5.75 Å². The van der Waals surface area contributed by atoms with E-state index in [9.17, 15) is 9.59 Å². The van der Waals surface area contributed by atoms with E-state index in [-0.39, 0.29) is 17.8 Å². The zero-order chi connectivity index (χ0) is 15.0. The van der Waals surface area contributed by atoms with Crippen molar-refractivity contribution >= 4 is 28.5 Å². The molecule has 0 saturated heterocycles. The van der Waals surface area contributed by atoms with Gasteiger partial charge in [-0.3, -0.25) is 4.79 Å². The van der Waals surface area contributed by atoms with Crippen LogP contribution in [0.25, 0.3) is 11.0 Å². The molecule has 5 nitrogen and oxygen atoms in total. The van der Waals surface area contributed by atoms with Crippen molar-refractivity contribution in [1.82, 2.24) is 0 Å². The largest absolute Gasteiger partial charge is 0.492 e. The van der Waals surface area contributed by atoms with Gasteiger partial charge in [-0.1, -0.05) is 11.6 Å². The van der Waals surface area contributed by atoms with Crippen LogP contribution >= 0.6 is 11.6 Å². The SMILES string of the molecule is COC(=O)[C@@H]1C[C@H]1COc1cc(=O)oc2ccc(Cl)cc12. The first-order valence-electron chi connectivity index (χ1n) is 6.52. The molecule has 0 N–H and O–H groups in total. The first-order chi connectivity index (χ1) is 10.1. The van der Waals surface area contributed by atoms with Gasteiger partial charge in [0.1, 0.15) is 11.3 Å². The number of esters is 1. The van der Waals surface area contributed by atoms with Gasteiger partial charge in [-0.15, -0.1) is 0 Å². The molecule has 0 bridgehead atoms. The molecule has 0 spiro atoms. The Labute approximate surface area is 125 Å². The van der Waals surface area contributed by atoms with Crippen LogP contribution in [0, 0.1) is 11.8 Å². The molecule has 0 unspecified atom stereocenters. The van der Waals surface area contributed by atoms with Crippen molar-refractivity contribution in [2.75, 3.05) is 13.7 Å². The molecule has 1 aromatic heterocycles. The van der Waals surface area contributed by atoms with Gasteiger partial charge >= 0.3 is 11.6 Å². The maximum atomic E-state index is 11.5. The Morgan fingerprint density at radius 3 is 3.00 bits per heavy atom. The minimum Gasteiger partial charge on any atom is -0.492 e. The minimum absolute atomic E-state index is 0.107. The van der Waals surface area contributed by atoms with E-state index in [2.05, 4.69) is 4.74 Å². The first-order valence-corrected chi connectivity index (χ1v) is 6.90. The standard InChI is InChI=1S/C15H13ClO5/c1-19-15(18)10-4-8(10)7-20-13-6-14(17)21-12-3-2-9(16)5-11(12)13/h2-3,5-6,8,10H,4,7H2,1H3/t8-,10+/m0/s1. The van der Waals surface area contributed by atoms with Crippen molar-refractivity contribution in [1.29, 1.82) is 0 Å². The second kappa shape index (κ2) is 5.41. The summed E-state index contributed by atoms with van der Waals surface area (Å²) in [5.74, 6) is 0.215. The van der Waals surface area contributed by atoms with Gasteiger partial charge in [0.05, 0.1) is 31.1 Å². The molecular weight excluding hydrogens is 296 g/mol. The Kier molecular flexibility index (Phi) is 3.59. The summed E-state index contributed by atoms with van der Waals surface area (Å²) in [6, 6.07) is 6.24. The molecule has 1 saturated carbocycles. The Morgan fingerprint density at radius 1 is 1.43 bits per heavy atom. The quantitative estimate of drug-likeness (QED) is 0.641. The van der Waals surface area contributed by atoms with Crippen LogP contribution in [-0.4, -0.2) is 19.7 Å². The summed E-state index contributed by atoms with van der Waals surface area (Å²) in [6.45, 7) is 0.352. The second-order valence-electron chi connectivity index (χ2n) is 5.01. The lowest BCUT2D eigenvalue weighted by Gasteiger charge is -2.08. The van der Waals surface area contributed by atoms with Gasteiger partial charge in [-0.05, 0) is 24.6 Å². The van der Waals surface area contributed by atoms with Gasteiger partial charge in [0.25, 0.3) is 0 Å². The molecule has 21 heavy (non-hydrogen) atoms. The topological polar surface area (TPSA) is 65.7 Å². The molecule has 110 valence electrons. The van der Waals surface area contributed by atoms with Crippen LogP contribution in [0.2, 0.25) is 5.02 Å². The fourth-order valence-corrected chi connectivity index (χ4v) is 2.47. The zero-order valence-corrected chi connectivity index (χ0v) is 12.1. The average Bonchev–Trinajstić information content (AvgIpc) is 3.24. The highest BCUT2D eigenvalue weighted by atomic mass is 35.5. The van der Waals surface area contributed by atoms with Gasteiger partial charge < -0.3 is 13.9 Å². The summed E-state index contributed by atoms with van der Waals surface area (Å²) in [6.07, 6.45) is 0.743. The number of rotatable bonds is 4. The number of hydrogen-bond acceptors (Lipinski definition) is 5. The maximum absolute atomic E-state index is 11.5. The molecule has 0 amide bonds. The van der Waals surface area contributed by atoms with Gasteiger partial charge in [0, 0.05) is 10.9 Å². The number of methoxy groups -OCH3 is 1. The van der Waals surface area contributed by atoms with Gasteiger partial charge in [-0.2, -0.15) is 0 Å². The third-order valence-corrected chi connectivity index (χ3v) is 3.78. The third kappa shape index (κ3) is 2.88. The average molecular weight is 309 g/mol. The number of fused-ring (bicyclic) bond motifs is 1. The molecular formula is C15H13ClO5. The van der Waals surface area contributed by atoms with E-state index in [1.165, 1.54) is 13.2 Å². The smallest absolute Gasteiger partial charge is 0.339 e. The molecule has 1 aromatic carbocycles. The molecule has 0 radical (unpaired) electrons. The summed E-state index contributed by atoms with van der Waals surface area (Å²) in [5.41, 5.74) is -0.0673. The van der Waals surface area contributed by atoms with E-state index < -0.39 is 5.63 Å². The molecule has 3 rings (SSSR count). The zero-order valence-electron chi connectivity index (χ0n) is 11.3. The Balaban J connectivity index is 1.80. The molecule has 6 heteroatoms. The highest BCUT2D eigenvalue weighted by molar-refractivity contribution is 6.31. The van der Waals surface area contributed by atoms with E-state index in [0.29, 0.717) is 28.3 Å². The summed E-state index contributed by atoms with van der Waals surface area (Å²) in [7, 11) is 1.37.